The van der Waals surface area contributed by atoms with Crippen LogP contribution >= 0.6 is 11.3 Å². The van der Waals surface area contributed by atoms with E-state index < -0.39 is 0 Å². The molecule has 2 aliphatic heterocycles. The molecular weight excluding hydrogens is 505 g/mol. The van der Waals surface area contributed by atoms with E-state index in [-0.39, 0.29) is 6.85 Å². The zero-order chi connectivity index (χ0) is 26.7. The normalized spacial score (nSPS) is 13.3. The van der Waals surface area contributed by atoms with Crippen LogP contribution in [-0.4, -0.2) is 25.5 Å². The van der Waals surface area contributed by atoms with Gasteiger partial charge in [-0.15, -0.1) is 11.3 Å². The lowest BCUT2D eigenvalue weighted by Gasteiger charge is -2.41. The summed E-state index contributed by atoms with van der Waals surface area (Å²) in [5.74, 6) is 0. The Kier molecular flexibility index (Phi) is 4.36. The highest BCUT2D eigenvalue weighted by Gasteiger charge is 2.45. The van der Waals surface area contributed by atoms with Gasteiger partial charge >= 0.3 is 6.85 Å². The average Bonchev–Trinajstić information content (AvgIpc) is 3.54. The standard InChI is InChI=1S/C35H26BN3S/c1-21-20-27-24-10-4-8-14-29(24)39(23-18-16-22(17-19-23)37(2)3)36-32(27)34-31(21)25-11-5-7-13-28(25)38(34)33-26-12-6-9-15-30(26)40-35(33)36/h4-20H,1-3H3. The quantitative estimate of drug-likeness (QED) is 0.213. The molecule has 0 aliphatic carbocycles. The van der Waals surface area contributed by atoms with E-state index in [1.165, 1.54) is 81.6 Å². The Labute approximate surface area is 237 Å². The fourth-order valence-corrected chi connectivity index (χ4v) is 8.51. The molecule has 7 aromatic rings. The van der Waals surface area contributed by atoms with Crippen molar-refractivity contribution in [3.05, 3.63) is 109 Å². The van der Waals surface area contributed by atoms with Gasteiger partial charge in [0, 0.05) is 62.4 Å². The number of aryl methyl sites for hydroxylation is 1. The second-order valence-electron chi connectivity index (χ2n) is 11.2. The zero-order valence-corrected chi connectivity index (χ0v) is 23.5. The minimum absolute atomic E-state index is 0.0856. The smallest absolute Gasteiger partial charge is 0.343 e. The molecule has 0 N–H and O–H groups in total. The van der Waals surface area contributed by atoms with Crippen molar-refractivity contribution in [2.45, 2.75) is 6.92 Å². The van der Waals surface area contributed by atoms with E-state index >= 15 is 0 Å². The number of rotatable bonds is 2. The Hall–Kier alpha value is -4.48. The first-order chi connectivity index (χ1) is 19.6. The van der Waals surface area contributed by atoms with Gasteiger partial charge in [-0.3, -0.25) is 0 Å². The van der Waals surface area contributed by atoms with Crippen molar-refractivity contribution in [3.8, 4) is 16.8 Å². The van der Waals surface area contributed by atoms with E-state index in [2.05, 4.69) is 138 Å². The molecular formula is C35H26BN3S. The third kappa shape index (κ3) is 2.70. The monoisotopic (exact) mass is 531 g/mol. The molecule has 5 aromatic carbocycles. The van der Waals surface area contributed by atoms with Gasteiger partial charge in [-0.25, -0.2) is 0 Å². The maximum Gasteiger partial charge on any atom is 0.343 e. The van der Waals surface area contributed by atoms with E-state index in [9.17, 15) is 0 Å². The Bertz CT molecular complexity index is 2170. The van der Waals surface area contributed by atoms with Gasteiger partial charge in [0.05, 0.1) is 16.7 Å². The number of thiophene rings is 1. The van der Waals surface area contributed by atoms with Crippen molar-refractivity contribution in [1.29, 1.82) is 0 Å². The predicted octanol–water partition coefficient (Wildman–Crippen LogP) is 7.61. The number of nitrogens with zero attached hydrogens (tertiary/aromatic N) is 3. The van der Waals surface area contributed by atoms with Crippen LogP contribution < -0.4 is 20.0 Å². The lowest BCUT2D eigenvalue weighted by Crippen LogP contribution is -2.59. The van der Waals surface area contributed by atoms with Crippen molar-refractivity contribution in [2.75, 3.05) is 23.8 Å². The van der Waals surface area contributed by atoms with Crippen molar-refractivity contribution in [2.24, 2.45) is 0 Å². The third-order valence-electron chi connectivity index (χ3n) is 8.87. The molecule has 2 aromatic heterocycles. The Morgan fingerprint density at radius 3 is 2.30 bits per heavy atom. The largest absolute Gasteiger partial charge is 0.378 e. The van der Waals surface area contributed by atoms with Crippen LogP contribution in [0.1, 0.15) is 5.56 Å². The SMILES string of the molecule is Cc1cc2c3c4c1c1ccccc1n4-c1c(sc4ccccc14)B3N(c1ccc(N(C)C)cc1)c1ccccc1-2. The topological polar surface area (TPSA) is 11.4 Å². The molecule has 5 heteroatoms. The minimum Gasteiger partial charge on any atom is -0.378 e. The lowest BCUT2D eigenvalue weighted by molar-refractivity contribution is 1.13. The predicted molar refractivity (Wildman–Crippen MR) is 174 cm³/mol. The van der Waals surface area contributed by atoms with E-state index in [1.807, 2.05) is 11.3 Å². The molecule has 0 unspecified atom stereocenters. The minimum atomic E-state index is 0.0856. The highest BCUT2D eigenvalue weighted by molar-refractivity contribution is 7.32. The fourth-order valence-electron chi connectivity index (χ4n) is 7.21. The summed E-state index contributed by atoms with van der Waals surface area (Å²) in [4.78, 5) is 4.76. The molecule has 9 rings (SSSR count). The number of fused-ring (bicyclic) bond motifs is 10. The highest BCUT2D eigenvalue weighted by atomic mass is 32.1. The van der Waals surface area contributed by atoms with Crippen LogP contribution in [0.15, 0.2) is 103 Å². The summed E-state index contributed by atoms with van der Waals surface area (Å²) in [6.07, 6.45) is 0. The molecule has 190 valence electrons. The maximum atomic E-state index is 2.60. The second-order valence-corrected chi connectivity index (χ2v) is 12.3. The summed E-state index contributed by atoms with van der Waals surface area (Å²) in [7, 11) is 4.20. The molecule has 2 aliphatic rings. The number of aromatic nitrogens is 1. The van der Waals surface area contributed by atoms with Gasteiger partial charge in [-0.05, 0) is 66.0 Å². The van der Waals surface area contributed by atoms with Crippen LogP contribution in [-0.2, 0) is 0 Å². The van der Waals surface area contributed by atoms with Gasteiger partial charge < -0.3 is 14.3 Å². The molecule has 0 atom stereocenters. The van der Waals surface area contributed by atoms with Crippen molar-refractivity contribution >= 4 is 77.4 Å². The van der Waals surface area contributed by atoms with Gasteiger partial charge in [0.25, 0.3) is 0 Å². The van der Waals surface area contributed by atoms with Gasteiger partial charge in [-0.2, -0.15) is 0 Å². The van der Waals surface area contributed by atoms with E-state index in [0.717, 1.165) is 0 Å². The average molecular weight is 531 g/mol. The molecule has 4 heterocycles. The van der Waals surface area contributed by atoms with Gasteiger partial charge in [0.2, 0.25) is 0 Å². The van der Waals surface area contributed by atoms with Crippen LogP contribution in [0, 0.1) is 6.92 Å². The second kappa shape index (κ2) is 7.80. The number of hydrogen-bond acceptors (Lipinski definition) is 3. The first kappa shape index (κ1) is 22.4. The number of para-hydroxylation sites is 2. The Morgan fingerprint density at radius 2 is 1.48 bits per heavy atom. The molecule has 0 spiro atoms. The van der Waals surface area contributed by atoms with E-state index in [4.69, 9.17) is 0 Å². The van der Waals surface area contributed by atoms with Gasteiger partial charge in [0.1, 0.15) is 0 Å². The Balaban J connectivity index is 1.49. The summed E-state index contributed by atoms with van der Waals surface area (Å²) < 4.78 is 5.33. The molecule has 0 bridgehead atoms. The van der Waals surface area contributed by atoms with Crippen molar-refractivity contribution < 1.29 is 0 Å². The van der Waals surface area contributed by atoms with Gasteiger partial charge in [-0.1, -0.05) is 60.7 Å². The number of hydrogen-bond donors (Lipinski definition) is 0. The van der Waals surface area contributed by atoms with E-state index in [0.29, 0.717) is 0 Å². The molecule has 0 radical (unpaired) electrons. The Morgan fingerprint density at radius 1 is 0.750 bits per heavy atom. The van der Waals surface area contributed by atoms with Crippen LogP contribution in [0.4, 0.5) is 17.1 Å². The van der Waals surface area contributed by atoms with Crippen LogP contribution in [0.5, 0.6) is 0 Å². The number of benzene rings is 5. The summed E-state index contributed by atoms with van der Waals surface area (Å²) in [6.45, 7) is 2.37. The summed E-state index contributed by atoms with van der Waals surface area (Å²) in [5.41, 5.74) is 13.1. The first-order valence-electron chi connectivity index (χ1n) is 13.9. The molecule has 0 saturated carbocycles. The lowest BCUT2D eigenvalue weighted by atomic mass is 9.47. The molecule has 0 fully saturated rings. The van der Waals surface area contributed by atoms with Crippen molar-refractivity contribution in [3.63, 3.8) is 0 Å². The molecule has 3 nitrogen and oxygen atoms in total. The van der Waals surface area contributed by atoms with Crippen LogP contribution in [0.3, 0.4) is 0 Å². The summed E-state index contributed by atoms with van der Waals surface area (Å²) in [5, 5.41) is 4.05. The summed E-state index contributed by atoms with van der Waals surface area (Å²) in [6, 6.07) is 38.4. The van der Waals surface area contributed by atoms with Gasteiger partial charge in [0.15, 0.2) is 0 Å². The zero-order valence-electron chi connectivity index (χ0n) is 22.6. The van der Waals surface area contributed by atoms with Crippen LogP contribution in [0.2, 0.25) is 0 Å². The highest BCUT2D eigenvalue weighted by Crippen LogP contribution is 2.47. The van der Waals surface area contributed by atoms with E-state index in [1.54, 1.807) is 0 Å². The maximum absolute atomic E-state index is 2.60. The fraction of sp³-hybridized carbons (Fsp3) is 0.0857. The summed E-state index contributed by atoms with van der Waals surface area (Å²) >= 11 is 1.95. The molecule has 0 saturated heterocycles. The number of anilines is 3. The van der Waals surface area contributed by atoms with Crippen LogP contribution in [0.25, 0.3) is 48.7 Å². The third-order valence-corrected chi connectivity index (χ3v) is 10.1. The molecule has 0 amide bonds. The molecule has 40 heavy (non-hydrogen) atoms. The first-order valence-corrected chi connectivity index (χ1v) is 14.7. The van der Waals surface area contributed by atoms with Crippen molar-refractivity contribution in [1.82, 2.24) is 4.57 Å².